The Morgan fingerprint density at radius 3 is 2.38 bits per heavy atom. The van der Waals surface area contributed by atoms with Gasteiger partial charge in [-0.2, -0.15) is 0 Å². The van der Waals surface area contributed by atoms with Gasteiger partial charge in [0.1, 0.15) is 5.82 Å². The Morgan fingerprint density at radius 1 is 1.05 bits per heavy atom. The van der Waals surface area contributed by atoms with Crippen LogP contribution >= 0.6 is 0 Å². The van der Waals surface area contributed by atoms with Crippen LogP contribution < -0.4 is 11.1 Å². The molecule has 0 fully saturated rings. The Bertz CT molecular complexity index is 569. The molecule has 0 radical (unpaired) electrons. The quantitative estimate of drug-likeness (QED) is 0.854. The molecule has 1 atom stereocenters. The molecule has 0 saturated carbocycles. The van der Waals surface area contributed by atoms with Gasteiger partial charge in [0.2, 0.25) is 5.91 Å². The smallest absolute Gasteiger partial charge is 0.237 e. The fourth-order valence-electron chi connectivity index (χ4n) is 2.07. The average Bonchev–Trinajstić information content (AvgIpc) is 2.50. The Kier molecular flexibility index (Phi) is 5.46. The number of rotatable bonds is 6. The Labute approximate surface area is 124 Å². The summed E-state index contributed by atoms with van der Waals surface area (Å²) in [6.45, 7) is 0.493. The van der Waals surface area contributed by atoms with E-state index in [0.29, 0.717) is 19.4 Å². The molecule has 0 heterocycles. The number of carbonyl (C=O) groups excluding carboxylic acids is 1. The number of benzene rings is 2. The first-order chi connectivity index (χ1) is 10.1. The normalized spacial score (nSPS) is 11.9. The van der Waals surface area contributed by atoms with Crippen LogP contribution in [-0.4, -0.2) is 18.5 Å². The van der Waals surface area contributed by atoms with E-state index in [4.69, 9.17) is 5.73 Å². The highest BCUT2D eigenvalue weighted by atomic mass is 19.1. The fourth-order valence-corrected chi connectivity index (χ4v) is 2.07. The zero-order chi connectivity index (χ0) is 15.1. The van der Waals surface area contributed by atoms with Crippen LogP contribution in [0, 0.1) is 5.82 Å². The van der Waals surface area contributed by atoms with Crippen molar-refractivity contribution in [2.45, 2.75) is 18.9 Å². The molecule has 0 saturated heterocycles. The van der Waals surface area contributed by atoms with Crippen molar-refractivity contribution in [2.24, 2.45) is 5.73 Å². The predicted molar refractivity (Wildman–Crippen MR) is 81.2 cm³/mol. The summed E-state index contributed by atoms with van der Waals surface area (Å²) in [5, 5.41) is 2.81. The van der Waals surface area contributed by atoms with Crippen molar-refractivity contribution >= 4 is 5.91 Å². The first kappa shape index (κ1) is 15.2. The lowest BCUT2D eigenvalue weighted by molar-refractivity contribution is -0.122. The van der Waals surface area contributed by atoms with Gasteiger partial charge in [0, 0.05) is 6.54 Å². The lowest BCUT2D eigenvalue weighted by Gasteiger charge is -2.12. The van der Waals surface area contributed by atoms with Crippen molar-refractivity contribution in [3.63, 3.8) is 0 Å². The lowest BCUT2D eigenvalue weighted by atomic mass is 10.1. The standard InChI is InChI=1S/C17H19FN2O/c18-15-8-6-13(7-9-15)10-11-20-17(21)16(19)12-14-4-2-1-3-5-14/h1-9,16H,10-12,19H2,(H,20,21)/t16-/m0/s1. The van der Waals surface area contributed by atoms with Crippen LogP contribution in [0.15, 0.2) is 54.6 Å². The van der Waals surface area contributed by atoms with E-state index in [9.17, 15) is 9.18 Å². The molecular formula is C17H19FN2O. The number of amides is 1. The maximum absolute atomic E-state index is 12.8. The summed E-state index contributed by atoms with van der Waals surface area (Å²) in [6.07, 6.45) is 1.17. The number of nitrogens with two attached hydrogens (primary N) is 1. The minimum atomic E-state index is -0.555. The molecule has 0 aliphatic rings. The monoisotopic (exact) mass is 286 g/mol. The maximum atomic E-state index is 12.8. The molecule has 21 heavy (non-hydrogen) atoms. The molecule has 0 spiro atoms. The molecule has 3 nitrogen and oxygen atoms in total. The van der Waals surface area contributed by atoms with E-state index in [1.807, 2.05) is 30.3 Å². The zero-order valence-electron chi connectivity index (χ0n) is 11.8. The largest absolute Gasteiger partial charge is 0.354 e. The summed E-state index contributed by atoms with van der Waals surface area (Å²) >= 11 is 0. The molecule has 0 aromatic heterocycles. The summed E-state index contributed by atoms with van der Waals surface area (Å²) in [7, 11) is 0. The zero-order valence-corrected chi connectivity index (χ0v) is 11.8. The molecule has 2 aromatic carbocycles. The van der Waals surface area contributed by atoms with Gasteiger partial charge in [-0.3, -0.25) is 4.79 Å². The maximum Gasteiger partial charge on any atom is 0.237 e. The second-order valence-electron chi connectivity index (χ2n) is 4.96. The highest BCUT2D eigenvalue weighted by molar-refractivity contribution is 5.81. The van der Waals surface area contributed by atoms with Crippen LogP contribution in [0.25, 0.3) is 0 Å². The van der Waals surface area contributed by atoms with Crippen molar-refractivity contribution in [2.75, 3.05) is 6.54 Å². The molecule has 0 aliphatic carbocycles. The van der Waals surface area contributed by atoms with Crippen molar-refractivity contribution in [3.05, 3.63) is 71.5 Å². The first-order valence-corrected chi connectivity index (χ1v) is 6.97. The molecule has 0 bridgehead atoms. The van der Waals surface area contributed by atoms with Crippen LogP contribution in [0.5, 0.6) is 0 Å². The van der Waals surface area contributed by atoms with Crippen LogP contribution in [-0.2, 0) is 17.6 Å². The molecule has 0 unspecified atom stereocenters. The van der Waals surface area contributed by atoms with Gasteiger partial charge in [-0.25, -0.2) is 4.39 Å². The van der Waals surface area contributed by atoms with Gasteiger partial charge in [-0.05, 0) is 36.1 Å². The lowest BCUT2D eigenvalue weighted by Crippen LogP contribution is -2.42. The number of nitrogens with one attached hydrogen (secondary N) is 1. The number of hydrogen-bond donors (Lipinski definition) is 2. The molecule has 0 aliphatic heterocycles. The van der Waals surface area contributed by atoms with Crippen molar-refractivity contribution in [1.82, 2.24) is 5.32 Å². The van der Waals surface area contributed by atoms with Crippen LogP contribution in [0.2, 0.25) is 0 Å². The van der Waals surface area contributed by atoms with Gasteiger partial charge in [-0.1, -0.05) is 42.5 Å². The summed E-state index contributed by atoms with van der Waals surface area (Å²) < 4.78 is 12.8. The summed E-state index contributed by atoms with van der Waals surface area (Å²) in [5.41, 5.74) is 7.91. The third-order valence-electron chi connectivity index (χ3n) is 3.26. The second kappa shape index (κ2) is 7.55. The van der Waals surface area contributed by atoms with Crippen molar-refractivity contribution in [3.8, 4) is 0 Å². The Morgan fingerprint density at radius 2 is 1.71 bits per heavy atom. The van der Waals surface area contributed by atoms with E-state index >= 15 is 0 Å². The average molecular weight is 286 g/mol. The minimum absolute atomic E-state index is 0.166. The molecule has 110 valence electrons. The summed E-state index contributed by atoms with van der Waals surface area (Å²) in [4.78, 5) is 11.9. The molecule has 4 heteroatoms. The third kappa shape index (κ3) is 5.00. The van der Waals surface area contributed by atoms with Crippen LogP contribution in [0.3, 0.4) is 0 Å². The van der Waals surface area contributed by atoms with Gasteiger partial charge in [0.15, 0.2) is 0 Å². The molecule has 3 N–H and O–H groups in total. The Hall–Kier alpha value is -2.20. The van der Waals surface area contributed by atoms with Gasteiger partial charge >= 0.3 is 0 Å². The first-order valence-electron chi connectivity index (χ1n) is 6.97. The second-order valence-corrected chi connectivity index (χ2v) is 4.96. The van der Waals surface area contributed by atoms with E-state index in [-0.39, 0.29) is 11.7 Å². The van der Waals surface area contributed by atoms with Crippen molar-refractivity contribution in [1.29, 1.82) is 0 Å². The Balaban J connectivity index is 1.75. The fraction of sp³-hybridized carbons (Fsp3) is 0.235. The topological polar surface area (TPSA) is 55.1 Å². The van der Waals surface area contributed by atoms with Crippen LogP contribution in [0.4, 0.5) is 4.39 Å². The number of hydrogen-bond acceptors (Lipinski definition) is 2. The van der Waals surface area contributed by atoms with Gasteiger partial charge in [0.05, 0.1) is 6.04 Å². The molecular weight excluding hydrogens is 267 g/mol. The molecule has 2 rings (SSSR count). The summed E-state index contributed by atoms with van der Waals surface area (Å²) in [5.74, 6) is -0.423. The van der Waals surface area contributed by atoms with E-state index < -0.39 is 6.04 Å². The summed E-state index contributed by atoms with van der Waals surface area (Å²) in [6, 6.07) is 15.4. The predicted octanol–water partition coefficient (Wildman–Crippen LogP) is 2.05. The van der Waals surface area contributed by atoms with E-state index in [1.165, 1.54) is 12.1 Å². The van der Waals surface area contributed by atoms with E-state index in [1.54, 1.807) is 12.1 Å². The highest BCUT2D eigenvalue weighted by Gasteiger charge is 2.13. The number of carbonyl (C=O) groups is 1. The van der Waals surface area contributed by atoms with Gasteiger partial charge in [0.25, 0.3) is 0 Å². The van der Waals surface area contributed by atoms with Gasteiger partial charge in [-0.15, -0.1) is 0 Å². The third-order valence-corrected chi connectivity index (χ3v) is 3.26. The van der Waals surface area contributed by atoms with E-state index in [2.05, 4.69) is 5.32 Å². The van der Waals surface area contributed by atoms with E-state index in [0.717, 1.165) is 11.1 Å². The molecule has 1 amide bonds. The van der Waals surface area contributed by atoms with Gasteiger partial charge < -0.3 is 11.1 Å². The highest BCUT2D eigenvalue weighted by Crippen LogP contribution is 2.04. The molecule has 2 aromatic rings. The SMILES string of the molecule is N[C@@H](Cc1ccccc1)C(=O)NCCc1ccc(F)cc1. The van der Waals surface area contributed by atoms with Crippen LogP contribution in [0.1, 0.15) is 11.1 Å². The van der Waals surface area contributed by atoms with Crippen molar-refractivity contribution < 1.29 is 9.18 Å². The number of halogens is 1. The minimum Gasteiger partial charge on any atom is -0.354 e.